The van der Waals surface area contributed by atoms with Crippen LogP contribution in [0.5, 0.6) is 5.75 Å². The van der Waals surface area contributed by atoms with Gasteiger partial charge in [-0.15, -0.1) is 11.3 Å². The highest BCUT2D eigenvalue weighted by Crippen LogP contribution is 2.31. The fraction of sp³-hybridized carbons (Fsp3) is 0.333. The van der Waals surface area contributed by atoms with Crippen molar-refractivity contribution in [3.05, 3.63) is 50.0 Å². The lowest BCUT2D eigenvalue weighted by Crippen LogP contribution is -2.29. The number of amides is 1. The maximum atomic E-state index is 12.5. The predicted octanol–water partition coefficient (Wildman–Crippen LogP) is 2.68. The Morgan fingerprint density at radius 2 is 2.22 bits per heavy atom. The van der Waals surface area contributed by atoms with Crippen LogP contribution in [0.4, 0.5) is 5.69 Å². The highest BCUT2D eigenvalue weighted by molar-refractivity contribution is 7.11. The zero-order valence-corrected chi connectivity index (χ0v) is 13.9. The van der Waals surface area contributed by atoms with Gasteiger partial charge < -0.3 is 9.64 Å². The third-order valence-electron chi connectivity index (χ3n) is 3.31. The number of methoxy groups -OCH3 is 1. The Balaban J connectivity index is 2.17. The van der Waals surface area contributed by atoms with Gasteiger partial charge in [0.1, 0.15) is 5.56 Å². The van der Waals surface area contributed by atoms with Crippen LogP contribution < -0.4 is 4.74 Å². The van der Waals surface area contributed by atoms with Crippen molar-refractivity contribution in [1.82, 2.24) is 9.88 Å². The van der Waals surface area contributed by atoms with E-state index in [-0.39, 0.29) is 17.0 Å². The molecule has 0 saturated carbocycles. The number of hydrogen-bond donors (Lipinski definition) is 0. The van der Waals surface area contributed by atoms with Crippen LogP contribution in [0.25, 0.3) is 0 Å². The lowest BCUT2D eigenvalue weighted by atomic mass is 10.1. The summed E-state index contributed by atoms with van der Waals surface area (Å²) in [5, 5.41) is 12.2. The van der Waals surface area contributed by atoms with E-state index in [1.54, 1.807) is 30.6 Å². The summed E-state index contributed by atoms with van der Waals surface area (Å²) in [6.07, 6.45) is 2.40. The fourth-order valence-electron chi connectivity index (χ4n) is 2.14. The van der Waals surface area contributed by atoms with Crippen molar-refractivity contribution in [3.8, 4) is 5.75 Å². The number of aryl methyl sites for hydroxylation is 1. The second-order valence-electron chi connectivity index (χ2n) is 4.95. The minimum atomic E-state index is -0.593. The van der Waals surface area contributed by atoms with Crippen LogP contribution in [0.1, 0.15) is 20.2 Å². The molecule has 23 heavy (non-hydrogen) atoms. The lowest BCUT2D eigenvalue weighted by Gasteiger charge is -2.17. The molecule has 0 aliphatic heterocycles. The molecule has 0 saturated heterocycles. The standard InChI is InChI=1S/C15H17N3O4S/c1-10-9-16-13(23-10)7-8-17(2)15(19)11-5-4-6-12(22-3)14(11)18(20)21/h4-6,9H,7-8H2,1-3H3. The molecule has 0 bridgehead atoms. The molecule has 1 heterocycles. The molecule has 0 radical (unpaired) electrons. The van der Waals surface area contributed by atoms with Gasteiger partial charge in [-0.25, -0.2) is 4.98 Å². The first-order chi connectivity index (χ1) is 10.9. The number of benzene rings is 1. The number of thiazole rings is 1. The number of likely N-dealkylation sites (N-methyl/N-ethyl adjacent to an activating group) is 1. The van der Waals surface area contributed by atoms with E-state index < -0.39 is 10.8 Å². The van der Waals surface area contributed by atoms with E-state index in [0.717, 1.165) is 9.88 Å². The van der Waals surface area contributed by atoms with Gasteiger partial charge in [0.2, 0.25) is 0 Å². The average molecular weight is 335 g/mol. The van der Waals surface area contributed by atoms with Gasteiger partial charge in [0.05, 0.1) is 17.0 Å². The van der Waals surface area contributed by atoms with Gasteiger partial charge in [-0.05, 0) is 19.1 Å². The van der Waals surface area contributed by atoms with E-state index in [9.17, 15) is 14.9 Å². The van der Waals surface area contributed by atoms with Gasteiger partial charge in [0.15, 0.2) is 5.75 Å². The topological polar surface area (TPSA) is 85.6 Å². The van der Waals surface area contributed by atoms with E-state index in [4.69, 9.17) is 4.74 Å². The Labute approximate surface area is 137 Å². The van der Waals surface area contributed by atoms with Crippen LogP contribution in [0, 0.1) is 17.0 Å². The maximum Gasteiger partial charge on any atom is 0.323 e. The lowest BCUT2D eigenvalue weighted by molar-refractivity contribution is -0.386. The second kappa shape index (κ2) is 7.19. The molecule has 0 unspecified atom stereocenters. The molecule has 0 aliphatic rings. The van der Waals surface area contributed by atoms with Crippen molar-refractivity contribution < 1.29 is 14.5 Å². The third-order valence-corrected chi connectivity index (χ3v) is 4.28. The van der Waals surface area contributed by atoms with Gasteiger partial charge in [-0.3, -0.25) is 14.9 Å². The number of para-hydroxylation sites is 1. The van der Waals surface area contributed by atoms with Crippen LogP contribution in [-0.4, -0.2) is 41.4 Å². The molecular formula is C15H17N3O4S. The van der Waals surface area contributed by atoms with Crippen molar-refractivity contribution in [1.29, 1.82) is 0 Å². The summed E-state index contributed by atoms with van der Waals surface area (Å²) in [4.78, 5) is 30.0. The van der Waals surface area contributed by atoms with Gasteiger partial charge in [0.25, 0.3) is 5.91 Å². The smallest absolute Gasteiger partial charge is 0.323 e. The van der Waals surface area contributed by atoms with Crippen molar-refractivity contribution in [2.45, 2.75) is 13.3 Å². The average Bonchev–Trinajstić information content (AvgIpc) is 2.96. The molecule has 7 nitrogen and oxygen atoms in total. The molecule has 0 aliphatic carbocycles. The monoisotopic (exact) mass is 335 g/mol. The molecule has 2 aromatic rings. The summed E-state index contributed by atoms with van der Waals surface area (Å²) in [5.41, 5.74) is -0.288. The molecule has 1 amide bonds. The van der Waals surface area contributed by atoms with Crippen LogP contribution in [-0.2, 0) is 6.42 Å². The zero-order valence-electron chi connectivity index (χ0n) is 13.1. The quantitative estimate of drug-likeness (QED) is 0.598. The Bertz CT molecular complexity index is 729. The Morgan fingerprint density at radius 3 is 2.78 bits per heavy atom. The highest BCUT2D eigenvalue weighted by Gasteiger charge is 2.27. The van der Waals surface area contributed by atoms with Crippen LogP contribution in [0.2, 0.25) is 0 Å². The first-order valence-electron chi connectivity index (χ1n) is 6.92. The van der Waals surface area contributed by atoms with Crippen LogP contribution in [0.15, 0.2) is 24.4 Å². The van der Waals surface area contributed by atoms with E-state index >= 15 is 0 Å². The number of nitro groups is 1. The summed E-state index contributed by atoms with van der Waals surface area (Å²) in [7, 11) is 2.96. The van der Waals surface area contributed by atoms with Crippen LogP contribution in [0.3, 0.4) is 0 Å². The molecule has 0 atom stereocenters. The minimum Gasteiger partial charge on any atom is -0.490 e. The van der Waals surface area contributed by atoms with Crippen LogP contribution >= 0.6 is 11.3 Å². The number of ether oxygens (including phenoxy) is 1. The maximum absolute atomic E-state index is 12.5. The van der Waals surface area contributed by atoms with E-state index in [0.29, 0.717) is 13.0 Å². The molecule has 8 heteroatoms. The first-order valence-corrected chi connectivity index (χ1v) is 7.74. The zero-order chi connectivity index (χ0) is 17.0. The molecule has 122 valence electrons. The first kappa shape index (κ1) is 16.9. The van der Waals surface area contributed by atoms with E-state index in [2.05, 4.69) is 4.98 Å². The Kier molecular flexibility index (Phi) is 5.28. The molecule has 0 N–H and O–H groups in total. The van der Waals surface area contributed by atoms with Gasteiger partial charge >= 0.3 is 5.69 Å². The van der Waals surface area contributed by atoms with Crippen molar-refractivity contribution in [2.24, 2.45) is 0 Å². The number of carbonyl (C=O) groups excluding carboxylic acids is 1. The second-order valence-corrected chi connectivity index (χ2v) is 6.27. The Hall–Kier alpha value is -2.48. The normalized spacial score (nSPS) is 10.4. The number of aromatic nitrogens is 1. The molecule has 1 aromatic carbocycles. The SMILES string of the molecule is COc1cccc(C(=O)N(C)CCc2ncc(C)s2)c1[N+](=O)[O-]. The molecular weight excluding hydrogens is 318 g/mol. The molecule has 1 aromatic heterocycles. The Morgan fingerprint density at radius 1 is 1.48 bits per heavy atom. The van der Waals surface area contributed by atoms with E-state index in [1.807, 2.05) is 6.92 Å². The summed E-state index contributed by atoms with van der Waals surface area (Å²) in [6, 6.07) is 4.47. The number of nitrogens with zero attached hydrogens (tertiary/aromatic N) is 3. The summed E-state index contributed by atoms with van der Waals surface area (Å²) < 4.78 is 4.99. The number of rotatable bonds is 6. The third kappa shape index (κ3) is 3.84. The summed E-state index contributed by atoms with van der Waals surface area (Å²) >= 11 is 1.57. The largest absolute Gasteiger partial charge is 0.490 e. The van der Waals surface area contributed by atoms with Gasteiger partial charge in [0, 0.05) is 31.1 Å². The minimum absolute atomic E-state index is 0.0205. The number of carbonyl (C=O) groups is 1. The van der Waals surface area contributed by atoms with Crippen molar-refractivity contribution >= 4 is 22.9 Å². The highest BCUT2D eigenvalue weighted by atomic mass is 32.1. The summed E-state index contributed by atoms with van der Waals surface area (Å²) in [6.45, 7) is 2.40. The molecule has 2 rings (SSSR count). The van der Waals surface area contributed by atoms with E-state index in [1.165, 1.54) is 24.1 Å². The van der Waals surface area contributed by atoms with Crippen molar-refractivity contribution in [2.75, 3.05) is 20.7 Å². The molecule has 0 fully saturated rings. The van der Waals surface area contributed by atoms with Gasteiger partial charge in [-0.1, -0.05) is 6.07 Å². The summed E-state index contributed by atoms with van der Waals surface area (Å²) in [5.74, 6) is -0.339. The van der Waals surface area contributed by atoms with Gasteiger partial charge in [-0.2, -0.15) is 0 Å². The predicted molar refractivity (Wildman–Crippen MR) is 87.2 cm³/mol. The fourth-order valence-corrected chi connectivity index (χ4v) is 2.91. The molecule has 0 spiro atoms. The number of nitro benzene ring substituents is 1. The van der Waals surface area contributed by atoms with Crippen molar-refractivity contribution in [3.63, 3.8) is 0 Å². The number of hydrogen-bond acceptors (Lipinski definition) is 6.